The minimum absolute atomic E-state index is 0.0462. The molecule has 0 spiro atoms. The molecular weight excluding hydrogens is 446 g/mol. The van der Waals surface area contributed by atoms with Crippen LogP contribution in [0.25, 0.3) is 33.4 Å². The number of aryl methyl sites for hydroxylation is 1. The molecule has 0 aliphatic carbocycles. The number of rotatable bonds is 4. The normalized spacial score (nSPS) is 16.5. The molecule has 0 unspecified atom stereocenters. The molecule has 1 fully saturated rings. The highest BCUT2D eigenvalue weighted by atomic mass is 16.6. The summed E-state index contributed by atoms with van der Waals surface area (Å²) in [6.45, 7) is 4.21. The van der Waals surface area contributed by atoms with E-state index in [2.05, 4.69) is 25.0 Å². The second-order valence-electron chi connectivity index (χ2n) is 8.72. The highest BCUT2D eigenvalue weighted by Crippen LogP contribution is 2.38. The maximum Gasteiger partial charge on any atom is 0.415 e. The zero-order valence-electron chi connectivity index (χ0n) is 20.2. The van der Waals surface area contributed by atoms with Crippen LogP contribution in [0, 0.1) is 0 Å². The van der Waals surface area contributed by atoms with Gasteiger partial charge in [0.05, 0.1) is 18.3 Å². The fourth-order valence-corrected chi connectivity index (χ4v) is 4.47. The number of methoxy groups -OCH3 is 1. The van der Waals surface area contributed by atoms with E-state index < -0.39 is 6.09 Å². The Labute approximate surface area is 203 Å². The van der Waals surface area contributed by atoms with E-state index in [1.54, 1.807) is 41.2 Å². The van der Waals surface area contributed by atoms with Crippen molar-refractivity contribution in [3.8, 4) is 34.0 Å². The van der Waals surface area contributed by atoms with Crippen LogP contribution in [0.15, 0.2) is 49.2 Å². The SMILES string of the molecule is COc1cc2ncnc(-c3cn(C)nc3-c3ccncc3)c2cc1OC(=O)N1CCN(C)C[C@@H]1C. The molecule has 1 aliphatic heterocycles. The Bertz CT molecular complexity index is 1370. The molecule has 10 nitrogen and oxygen atoms in total. The van der Waals surface area contributed by atoms with Gasteiger partial charge < -0.3 is 19.3 Å². The third-order valence-electron chi connectivity index (χ3n) is 6.22. The van der Waals surface area contributed by atoms with Crippen molar-refractivity contribution in [2.45, 2.75) is 13.0 Å². The van der Waals surface area contributed by atoms with Gasteiger partial charge in [-0.05, 0) is 32.2 Å². The molecule has 0 radical (unpaired) electrons. The second kappa shape index (κ2) is 9.30. The summed E-state index contributed by atoms with van der Waals surface area (Å²) in [6, 6.07) is 7.39. The maximum atomic E-state index is 13.1. The molecule has 4 aromatic rings. The summed E-state index contributed by atoms with van der Waals surface area (Å²) in [4.78, 5) is 30.1. The average Bonchev–Trinajstić information content (AvgIpc) is 3.25. The van der Waals surface area contributed by atoms with Crippen LogP contribution in [0.2, 0.25) is 0 Å². The van der Waals surface area contributed by atoms with E-state index in [4.69, 9.17) is 9.47 Å². The van der Waals surface area contributed by atoms with Crippen LogP contribution in [0.4, 0.5) is 4.79 Å². The number of benzene rings is 1. The molecule has 1 aliphatic rings. The number of piperazine rings is 1. The molecule has 1 saturated heterocycles. The van der Waals surface area contributed by atoms with Crippen LogP contribution < -0.4 is 9.47 Å². The first-order valence-electron chi connectivity index (χ1n) is 11.4. The van der Waals surface area contributed by atoms with Gasteiger partial charge in [0.25, 0.3) is 0 Å². The van der Waals surface area contributed by atoms with Gasteiger partial charge in [-0.2, -0.15) is 5.10 Å². The Kier molecular flexibility index (Phi) is 6.04. The minimum Gasteiger partial charge on any atom is -0.493 e. The molecule has 180 valence electrons. The van der Waals surface area contributed by atoms with E-state index in [9.17, 15) is 4.79 Å². The van der Waals surface area contributed by atoms with Crippen molar-refractivity contribution in [3.05, 3.63) is 49.2 Å². The zero-order valence-corrected chi connectivity index (χ0v) is 20.2. The summed E-state index contributed by atoms with van der Waals surface area (Å²) in [5.74, 6) is 0.749. The molecule has 1 amide bonds. The molecule has 1 atom stereocenters. The number of hydrogen-bond acceptors (Lipinski definition) is 8. The van der Waals surface area contributed by atoms with Gasteiger partial charge >= 0.3 is 6.09 Å². The maximum absolute atomic E-state index is 13.1. The first-order valence-corrected chi connectivity index (χ1v) is 11.4. The van der Waals surface area contributed by atoms with Gasteiger partial charge in [-0.15, -0.1) is 0 Å². The quantitative estimate of drug-likeness (QED) is 0.446. The van der Waals surface area contributed by atoms with Gasteiger partial charge in [0, 0.05) is 73.9 Å². The lowest BCUT2D eigenvalue weighted by Gasteiger charge is -2.37. The number of nitrogens with zero attached hydrogens (tertiary/aromatic N) is 7. The van der Waals surface area contributed by atoms with Crippen LogP contribution in [0.1, 0.15) is 6.92 Å². The van der Waals surface area contributed by atoms with Crippen molar-refractivity contribution < 1.29 is 14.3 Å². The lowest BCUT2D eigenvalue weighted by atomic mass is 10.0. The number of fused-ring (bicyclic) bond motifs is 1. The molecule has 1 aromatic carbocycles. The predicted molar refractivity (Wildman–Crippen MR) is 131 cm³/mol. The summed E-state index contributed by atoms with van der Waals surface area (Å²) in [7, 11) is 5.46. The highest BCUT2D eigenvalue weighted by molar-refractivity contribution is 5.97. The second-order valence-corrected chi connectivity index (χ2v) is 8.72. The third-order valence-corrected chi connectivity index (χ3v) is 6.22. The average molecular weight is 474 g/mol. The number of likely N-dealkylation sites (N-methyl/N-ethyl adjacent to an activating group) is 1. The lowest BCUT2D eigenvalue weighted by molar-refractivity contribution is 0.0886. The molecule has 35 heavy (non-hydrogen) atoms. The van der Waals surface area contributed by atoms with Gasteiger partial charge in [-0.25, -0.2) is 14.8 Å². The topological polar surface area (TPSA) is 98.5 Å². The van der Waals surface area contributed by atoms with Gasteiger partial charge in [0.2, 0.25) is 0 Å². The number of hydrogen-bond donors (Lipinski definition) is 0. The zero-order chi connectivity index (χ0) is 24.5. The fraction of sp³-hybridized carbons (Fsp3) is 0.320. The van der Waals surface area contributed by atoms with Crippen molar-refractivity contribution in [2.24, 2.45) is 7.05 Å². The van der Waals surface area contributed by atoms with Crippen molar-refractivity contribution >= 4 is 17.0 Å². The van der Waals surface area contributed by atoms with Crippen molar-refractivity contribution in [1.29, 1.82) is 0 Å². The smallest absolute Gasteiger partial charge is 0.415 e. The van der Waals surface area contributed by atoms with E-state index in [-0.39, 0.29) is 6.04 Å². The molecule has 0 N–H and O–H groups in total. The molecule has 5 rings (SSSR count). The van der Waals surface area contributed by atoms with Crippen molar-refractivity contribution in [1.82, 2.24) is 34.5 Å². The van der Waals surface area contributed by atoms with Crippen molar-refractivity contribution in [3.63, 3.8) is 0 Å². The highest BCUT2D eigenvalue weighted by Gasteiger charge is 2.28. The van der Waals surface area contributed by atoms with E-state index in [0.717, 1.165) is 35.3 Å². The number of ether oxygens (including phenoxy) is 2. The Morgan fingerprint density at radius 3 is 2.60 bits per heavy atom. The van der Waals surface area contributed by atoms with Gasteiger partial charge in [-0.1, -0.05) is 0 Å². The minimum atomic E-state index is -0.402. The van der Waals surface area contributed by atoms with Crippen molar-refractivity contribution in [2.75, 3.05) is 33.8 Å². The summed E-state index contributed by atoms with van der Waals surface area (Å²) in [5, 5.41) is 5.38. The van der Waals surface area contributed by atoms with Crippen LogP contribution in [-0.2, 0) is 7.05 Å². The molecule has 0 saturated carbocycles. The first-order chi connectivity index (χ1) is 16.9. The number of pyridine rings is 1. The number of carbonyl (C=O) groups excluding carboxylic acids is 1. The molecule has 10 heteroatoms. The summed E-state index contributed by atoms with van der Waals surface area (Å²) < 4.78 is 13.1. The van der Waals surface area contributed by atoms with Gasteiger partial charge in [0.1, 0.15) is 12.0 Å². The van der Waals surface area contributed by atoms with E-state index >= 15 is 0 Å². The molecule has 0 bridgehead atoms. The summed E-state index contributed by atoms with van der Waals surface area (Å²) in [5.41, 5.74) is 3.88. The monoisotopic (exact) mass is 473 g/mol. The summed E-state index contributed by atoms with van der Waals surface area (Å²) >= 11 is 0. The van der Waals surface area contributed by atoms with Crippen LogP contribution >= 0.6 is 0 Å². The van der Waals surface area contributed by atoms with E-state index in [0.29, 0.717) is 29.3 Å². The molecule has 3 aromatic heterocycles. The largest absolute Gasteiger partial charge is 0.493 e. The third kappa shape index (κ3) is 4.40. The number of aromatic nitrogens is 5. The van der Waals surface area contributed by atoms with Gasteiger partial charge in [0.15, 0.2) is 11.5 Å². The van der Waals surface area contributed by atoms with E-state index in [1.807, 2.05) is 39.3 Å². The van der Waals surface area contributed by atoms with E-state index in [1.165, 1.54) is 6.33 Å². The van der Waals surface area contributed by atoms with Crippen LogP contribution in [-0.4, -0.2) is 80.5 Å². The fourth-order valence-electron chi connectivity index (χ4n) is 4.47. The number of carbonyl (C=O) groups is 1. The first kappa shape index (κ1) is 22.7. The standard InChI is InChI=1S/C25H27N7O3/c1-16-13-30(2)9-10-32(16)25(33)35-22-11-18-20(12-21(22)34-4)27-15-28-24(18)19-14-31(3)29-23(19)17-5-7-26-8-6-17/h5-8,11-12,14-16H,9-10,13H2,1-4H3/t16-/m0/s1. The lowest BCUT2D eigenvalue weighted by Crippen LogP contribution is -2.53. The van der Waals surface area contributed by atoms with Crippen LogP contribution in [0.5, 0.6) is 11.5 Å². The molecular formula is C25H27N7O3. The Hall–Kier alpha value is -4.05. The Morgan fingerprint density at radius 1 is 1.06 bits per heavy atom. The summed E-state index contributed by atoms with van der Waals surface area (Å²) in [6.07, 6.45) is 6.49. The Balaban J connectivity index is 1.57. The number of amides is 1. The van der Waals surface area contributed by atoms with Crippen LogP contribution in [0.3, 0.4) is 0 Å². The molecule has 4 heterocycles. The van der Waals surface area contributed by atoms with Gasteiger partial charge in [-0.3, -0.25) is 9.67 Å². The Morgan fingerprint density at radius 2 is 1.86 bits per heavy atom. The predicted octanol–water partition coefficient (Wildman–Crippen LogP) is 3.24.